The van der Waals surface area contributed by atoms with Crippen molar-refractivity contribution >= 4 is 27.5 Å². The Balaban J connectivity index is 0.000000173. The van der Waals surface area contributed by atoms with E-state index >= 15 is 0 Å². The number of thiophene rings is 1. The Kier molecular flexibility index (Phi) is 4.96. The molecule has 4 N–H and O–H groups in total. The highest BCUT2D eigenvalue weighted by atomic mass is 32.1. The summed E-state index contributed by atoms with van der Waals surface area (Å²) in [5, 5.41) is 9.37. The number of H-pyrrole nitrogens is 1. The van der Waals surface area contributed by atoms with Crippen LogP contribution in [0.4, 0.5) is 0 Å². The summed E-state index contributed by atoms with van der Waals surface area (Å²) in [5.74, 6) is -1.48. The van der Waals surface area contributed by atoms with Crippen LogP contribution < -0.4 is 11.3 Å². The largest absolute Gasteiger partial charge is 0.475 e. The molecule has 1 aliphatic carbocycles. The zero-order chi connectivity index (χ0) is 18.0. The van der Waals surface area contributed by atoms with Crippen LogP contribution in [0.5, 0.6) is 0 Å². The van der Waals surface area contributed by atoms with Gasteiger partial charge in [-0.15, -0.1) is 11.3 Å². The van der Waals surface area contributed by atoms with Gasteiger partial charge in [0.15, 0.2) is 0 Å². The number of aromatic amines is 1. The molecule has 0 aliphatic heterocycles. The molecule has 4 rings (SSSR count). The van der Waals surface area contributed by atoms with Gasteiger partial charge in [-0.1, -0.05) is 29.8 Å². The molecule has 0 amide bonds. The second-order valence-electron chi connectivity index (χ2n) is 5.95. The molecule has 0 spiro atoms. The van der Waals surface area contributed by atoms with Crippen molar-refractivity contribution in [3.63, 3.8) is 0 Å². The molecule has 0 radical (unpaired) electrons. The third-order valence-electron chi connectivity index (χ3n) is 4.10. The van der Waals surface area contributed by atoms with Crippen LogP contribution in [0.2, 0.25) is 0 Å². The van der Waals surface area contributed by atoms with E-state index in [4.69, 9.17) is 10.8 Å². The molecule has 7 heteroatoms. The van der Waals surface area contributed by atoms with Crippen molar-refractivity contribution in [3.8, 4) is 0 Å². The minimum Gasteiger partial charge on any atom is -0.475 e. The zero-order valence-corrected chi connectivity index (χ0v) is 14.7. The van der Waals surface area contributed by atoms with Crippen LogP contribution in [0.1, 0.15) is 38.6 Å². The lowest BCUT2D eigenvalue weighted by Gasteiger charge is -1.95. The average molecular weight is 357 g/mol. The van der Waals surface area contributed by atoms with Crippen LogP contribution >= 0.6 is 11.3 Å². The number of hydrogen-bond acceptors (Lipinski definition) is 5. The van der Waals surface area contributed by atoms with Gasteiger partial charge in [-0.25, -0.2) is 9.78 Å². The van der Waals surface area contributed by atoms with Crippen LogP contribution in [0.25, 0.3) is 10.2 Å². The molecule has 1 aromatic carbocycles. The molecule has 25 heavy (non-hydrogen) atoms. The first-order valence-corrected chi connectivity index (χ1v) is 8.84. The Morgan fingerprint density at radius 1 is 1.40 bits per heavy atom. The summed E-state index contributed by atoms with van der Waals surface area (Å²) in [7, 11) is 0. The molecule has 0 bridgehead atoms. The molecule has 1 aliphatic rings. The van der Waals surface area contributed by atoms with Crippen molar-refractivity contribution < 1.29 is 9.90 Å². The predicted octanol–water partition coefficient (Wildman–Crippen LogP) is 2.63. The van der Waals surface area contributed by atoms with Crippen molar-refractivity contribution in [1.29, 1.82) is 0 Å². The molecule has 130 valence electrons. The van der Waals surface area contributed by atoms with Crippen LogP contribution in [0, 0.1) is 6.92 Å². The number of nitrogens with two attached hydrogens (primary N) is 1. The zero-order valence-electron chi connectivity index (χ0n) is 13.8. The van der Waals surface area contributed by atoms with Gasteiger partial charge < -0.3 is 15.8 Å². The first kappa shape index (κ1) is 17.3. The molecule has 6 nitrogen and oxygen atoms in total. The van der Waals surface area contributed by atoms with Gasteiger partial charge in [0.25, 0.3) is 5.56 Å². The molecule has 0 saturated heterocycles. The maximum Gasteiger partial charge on any atom is 0.372 e. The lowest BCUT2D eigenvalue weighted by Crippen LogP contribution is -2.15. The van der Waals surface area contributed by atoms with Gasteiger partial charge in [0.05, 0.1) is 5.39 Å². The minimum atomic E-state index is -1.20. The molecule has 0 saturated carbocycles. The number of hydrogen-bond donors (Lipinski definition) is 3. The van der Waals surface area contributed by atoms with E-state index in [-0.39, 0.29) is 11.4 Å². The number of carboxylic acids is 1. The van der Waals surface area contributed by atoms with Crippen molar-refractivity contribution in [3.05, 3.63) is 62.0 Å². The van der Waals surface area contributed by atoms with Crippen LogP contribution in [0.3, 0.4) is 0 Å². The van der Waals surface area contributed by atoms with E-state index in [1.165, 1.54) is 27.3 Å². The molecule has 2 heterocycles. The normalized spacial score (nSPS) is 12.6. The highest BCUT2D eigenvalue weighted by molar-refractivity contribution is 7.18. The Morgan fingerprint density at radius 2 is 2.20 bits per heavy atom. The summed E-state index contributed by atoms with van der Waals surface area (Å²) in [6.07, 6.45) is 2.93. The Labute approximate surface area is 148 Å². The lowest BCUT2D eigenvalue weighted by molar-refractivity contribution is 0.0683. The molecule has 0 atom stereocenters. The third kappa shape index (κ3) is 3.62. The molecule has 0 fully saturated rings. The first-order chi connectivity index (χ1) is 12.0. The summed E-state index contributed by atoms with van der Waals surface area (Å²) < 4.78 is 0. The number of rotatable bonds is 2. The molecular weight excluding hydrogens is 338 g/mol. The third-order valence-corrected chi connectivity index (χ3v) is 5.28. The highest BCUT2D eigenvalue weighted by Gasteiger charge is 2.22. The number of aromatic carboxylic acids is 1. The van der Waals surface area contributed by atoms with E-state index < -0.39 is 5.97 Å². The maximum absolute atomic E-state index is 11.8. The molecule has 0 unspecified atom stereocenters. The number of carboxylic acid groups (broad SMARTS) is 1. The molecule has 3 aromatic rings. The first-order valence-electron chi connectivity index (χ1n) is 8.03. The van der Waals surface area contributed by atoms with Gasteiger partial charge >= 0.3 is 5.97 Å². The van der Waals surface area contributed by atoms with Gasteiger partial charge in [0.2, 0.25) is 5.82 Å². The fourth-order valence-corrected chi connectivity index (χ4v) is 4.20. The van der Waals surface area contributed by atoms with Gasteiger partial charge in [0.1, 0.15) is 4.83 Å². The van der Waals surface area contributed by atoms with Crippen LogP contribution in [-0.4, -0.2) is 21.0 Å². The number of carbonyl (C=O) groups is 1. The second-order valence-corrected chi connectivity index (χ2v) is 7.03. The number of nitrogens with one attached hydrogen (secondary N) is 1. The molecule has 2 aromatic heterocycles. The highest BCUT2D eigenvalue weighted by Crippen LogP contribution is 2.34. The van der Waals surface area contributed by atoms with Crippen molar-refractivity contribution in [2.45, 2.75) is 32.7 Å². The standard InChI is InChI=1S/C10H8N2O3S.C8H11N/c13-8-6-4-2-1-3-5(4)16-9(6)12-7(11-8)10(14)15;1-7-3-2-4-8(5-7)6-9/h1-3H2,(H,14,15)(H,11,12,13);2-5H,6,9H2,1H3. The van der Waals surface area contributed by atoms with E-state index in [1.54, 1.807) is 0 Å². The van der Waals surface area contributed by atoms with Crippen LogP contribution in [-0.2, 0) is 19.4 Å². The summed E-state index contributed by atoms with van der Waals surface area (Å²) in [4.78, 5) is 30.5. The fourth-order valence-electron chi connectivity index (χ4n) is 2.94. The molecular formula is C18H19N3O3S. The van der Waals surface area contributed by atoms with Gasteiger partial charge in [-0.2, -0.15) is 0 Å². The predicted molar refractivity (Wildman–Crippen MR) is 98.3 cm³/mol. The number of aryl methyl sites for hydroxylation is 3. The maximum atomic E-state index is 11.8. The number of fused-ring (bicyclic) bond motifs is 3. The summed E-state index contributed by atoms with van der Waals surface area (Å²) >= 11 is 1.44. The van der Waals surface area contributed by atoms with Gasteiger partial charge in [-0.3, -0.25) is 4.79 Å². The van der Waals surface area contributed by atoms with Crippen LogP contribution in [0.15, 0.2) is 29.1 Å². The Hall–Kier alpha value is -2.51. The Morgan fingerprint density at radius 3 is 2.84 bits per heavy atom. The average Bonchev–Trinajstić information content (AvgIpc) is 3.15. The van der Waals surface area contributed by atoms with Crippen molar-refractivity contribution in [2.24, 2.45) is 5.73 Å². The van der Waals surface area contributed by atoms with E-state index in [0.717, 1.165) is 24.8 Å². The quantitative estimate of drug-likeness (QED) is 0.653. The summed E-state index contributed by atoms with van der Waals surface area (Å²) in [6.45, 7) is 2.71. The van der Waals surface area contributed by atoms with Crippen molar-refractivity contribution in [1.82, 2.24) is 9.97 Å². The van der Waals surface area contributed by atoms with E-state index in [9.17, 15) is 9.59 Å². The summed E-state index contributed by atoms with van der Waals surface area (Å²) in [5.41, 5.74) is 8.63. The minimum absolute atomic E-state index is 0.280. The number of benzene rings is 1. The SMILES string of the molecule is Cc1cccc(CN)c1.O=C(O)c1nc2sc3c(c2c(=O)[nH]1)CCC3. The smallest absolute Gasteiger partial charge is 0.372 e. The second kappa shape index (κ2) is 7.16. The summed E-state index contributed by atoms with van der Waals surface area (Å²) in [6, 6.07) is 8.23. The lowest BCUT2D eigenvalue weighted by atomic mass is 10.1. The monoisotopic (exact) mass is 357 g/mol. The number of aromatic nitrogens is 2. The van der Waals surface area contributed by atoms with E-state index in [0.29, 0.717) is 16.8 Å². The van der Waals surface area contributed by atoms with Gasteiger partial charge in [0, 0.05) is 11.4 Å². The fraction of sp³-hybridized carbons (Fsp3) is 0.278. The van der Waals surface area contributed by atoms with E-state index in [2.05, 4.69) is 29.0 Å². The number of nitrogens with zero attached hydrogens (tertiary/aromatic N) is 1. The van der Waals surface area contributed by atoms with Crippen molar-refractivity contribution in [2.75, 3.05) is 0 Å². The van der Waals surface area contributed by atoms with E-state index in [1.807, 2.05) is 12.1 Å². The Bertz CT molecular complexity index is 991. The topological polar surface area (TPSA) is 109 Å². The van der Waals surface area contributed by atoms with Gasteiger partial charge in [-0.05, 0) is 37.3 Å².